The summed E-state index contributed by atoms with van der Waals surface area (Å²) in [4.78, 5) is 0. The highest BCUT2D eigenvalue weighted by molar-refractivity contribution is 5.67. The van der Waals surface area contributed by atoms with Crippen LogP contribution in [0.25, 0.3) is 11.3 Å². The fraction of sp³-hybridized carbons (Fsp3) is 0.250. The SMILES string of the molecule is CC(C)c1c(N)noc1-c1ccc(O)cc1. The normalized spacial score (nSPS) is 10.9. The van der Waals surface area contributed by atoms with E-state index in [9.17, 15) is 5.11 Å². The molecule has 0 fully saturated rings. The lowest BCUT2D eigenvalue weighted by Crippen LogP contribution is -1.95. The molecule has 0 saturated heterocycles. The van der Waals surface area contributed by atoms with E-state index in [0.717, 1.165) is 11.1 Å². The summed E-state index contributed by atoms with van der Waals surface area (Å²) in [6, 6.07) is 6.78. The van der Waals surface area contributed by atoms with Gasteiger partial charge in [-0.3, -0.25) is 0 Å². The van der Waals surface area contributed by atoms with E-state index in [-0.39, 0.29) is 11.7 Å². The van der Waals surface area contributed by atoms with Crippen molar-refractivity contribution in [2.45, 2.75) is 19.8 Å². The van der Waals surface area contributed by atoms with E-state index in [1.807, 2.05) is 13.8 Å². The Labute approximate surface area is 93.7 Å². The summed E-state index contributed by atoms with van der Waals surface area (Å²) in [5.41, 5.74) is 7.53. The van der Waals surface area contributed by atoms with Crippen LogP contribution in [0.15, 0.2) is 28.8 Å². The van der Waals surface area contributed by atoms with Gasteiger partial charge in [-0.25, -0.2) is 0 Å². The standard InChI is InChI=1S/C12H14N2O2/c1-7(2)10-11(16-14-12(10)13)8-3-5-9(15)6-4-8/h3-7,15H,1-2H3,(H2,13,14). The van der Waals surface area contributed by atoms with Gasteiger partial charge in [-0.2, -0.15) is 0 Å². The highest BCUT2D eigenvalue weighted by Gasteiger charge is 2.18. The van der Waals surface area contributed by atoms with E-state index in [2.05, 4.69) is 5.16 Å². The van der Waals surface area contributed by atoms with Crippen LogP contribution in [0.5, 0.6) is 5.75 Å². The summed E-state index contributed by atoms with van der Waals surface area (Å²) in [6.45, 7) is 4.07. The predicted octanol–water partition coefficient (Wildman–Crippen LogP) is 2.75. The second kappa shape index (κ2) is 3.89. The molecular formula is C12H14N2O2. The number of nitrogens with two attached hydrogens (primary N) is 1. The molecule has 2 rings (SSSR count). The van der Waals surface area contributed by atoms with Crippen LogP contribution in [0, 0.1) is 0 Å². The Morgan fingerprint density at radius 2 is 1.88 bits per heavy atom. The number of phenols is 1. The number of hydrogen-bond acceptors (Lipinski definition) is 4. The molecule has 4 heteroatoms. The van der Waals surface area contributed by atoms with Crippen molar-refractivity contribution in [2.24, 2.45) is 0 Å². The highest BCUT2D eigenvalue weighted by atomic mass is 16.5. The van der Waals surface area contributed by atoms with Gasteiger partial charge in [-0.1, -0.05) is 19.0 Å². The minimum Gasteiger partial charge on any atom is -0.508 e. The van der Waals surface area contributed by atoms with Gasteiger partial charge < -0.3 is 15.4 Å². The third-order valence-corrected chi connectivity index (χ3v) is 2.46. The number of anilines is 1. The Morgan fingerprint density at radius 3 is 2.44 bits per heavy atom. The Hall–Kier alpha value is -1.97. The zero-order chi connectivity index (χ0) is 11.7. The van der Waals surface area contributed by atoms with E-state index >= 15 is 0 Å². The zero-order valence-electron chi connectivity index (χ0n) is 9.27. The van der Waals surface area contributed by atoms with Crippen molar-refractivity contribution in [3.8, 4) is 17.1 Å². The molecule has 0 aliphatic heterocycles. The van der Waals surface area contributed by atoms with Crippen LogP contribution in [-0.2, 0) is 0 Å². The van der Waals surface area contributed by atoms with Crippen LogP contribution in [0.4, 0.5) is 5.82 Å². The fourth-order valence-corrected chi connectivity index (χ4v) is 1.69. The minimum atomic E-state index is 0.224. The van der Waals surface area contributed by atoms with Gasteiger partial charge in [0.25, 0.3) is 0 Å². The number of nitrogens with zero attached hydrogens (tertiary/aromatic N) is 1. The topological polar surface area (TPSA) is 72.3 Å². The molecule has 0 aliphatic carbocycles. The van der Waals surface area contributed by atoms with Crippen molar-refractivity contribution in [3.63, 3.8) is 0 Å². The van der Waals surface area contributed by atoms with Gasteiger partial charge in [0.1, 0.15) is 5.75 Å². The van der Waals surface area contributed by atoms with Gasteiger partial charge in [0.15, 0.2) is 11.6 Å². The summed E-state index contributed by atoms with van der Waals surface area (Å²) in [6.07, 6.45) is 0. The second-order valence-corrected chi connectivity index (χ2v) is 4.01. The number of hydrogen-bond donors (Lipinski definition) is 2. The molecule has 84 valence electrons. The van der Waals surface area contributed by atoms with E-state index < -0.39 is 0 Å². The van der Waals surface area contributed by atoms with Crippen LogP contribution >= 0.6 is 0 Å². The minimum absolute atomic E-state index is 0.224. The molecule has 1 heterocycles. The molecule has 16 heavy (non-hydrogen) atoms. The number of nitrogen functional groups attached to an aromatic ring is 1. The number of phenolic OH excluding ortho intramolecular Hbond substituents is 1. The van der Waals surface area contributed by atoms with Crippen LogP contribution in [0.1, 0.15) is 25.3 Å². The first-order valence-corrected chi connectivity index (χ1v) is 5.14. The number of benzene rings is 1. The summed E-state index contributed by atoms with van der Waals surface area (Å²) < 4.78 is 5.23. The molecule has 0 atom stereocenters. The van der Waals surface area contributed by atoms with E-state index in [0.29, 0.717) is 11.6 Å². The second-order valence-electron chi connectivity index (χ2n) is 4.01. The molecule has 1 aromatic heterocycles. The maximum absolute atomic E-state index is 9.22. The quantitative estimate of drug-likeness (QED) is 0.812. The first-order valence-electron chi connectivity index (χ1n) is 5.14. The van der Waals surface area contributed by atoms with Crippen LogP contribution in [-0.4, -0.2) is 10.3 Å². The van der Waals surface area contributed by atoms with Crippen molar-refractivity contribution >= 4 is 5.82 Å². The molecule has 0 bridgehead atoms. The van der Waals surface area contributed by atoms with E-state index in [1.54, 1.807) is 24.3 Å². The molecule has 0 aliphatic rings. The number of rotatable bonds is 2. The molecule has 4 nitrogen and oxygen atoms in total. The molecule has 2 aromatic rings. The molecule has 0 saturated carbocycles. The summed E-state index contributed by atoms with van der Waals surface area (Å²) in [5, 5.41) is 13.0. The van der Waals surface area contributed by atoms with Gasteiger partial charge in [0.2, 0.25) is 0 Å². The lowest BCUT2D eigenvalue weighted by Gasteiger charge is -2.05. The van der Waals surface area contributed by atoms with E-state index in [1.165, 1.54) is 0 Å². The van der Waals surface area contributed by atoms with Gasteiger partial charge in [0.05, 0.1) is 0 Å². The fourth-order valence-electron chi connectivity index (χ4n) is 1.69. The molecule has 0 amide bonds. The van der Waals surface area contributed by atoms with E-state index in [4.69, 9.17) is 10.3 Å². The van der Waals surface area contributed by atoms with Crippen molar-refractivity contribution in [2.75, 3.05) is 5.73 Å². The third-order valence-electron chi connectivity index (χ3n) is 2.46. The highest BCUT2D eigenvalue weighted by Crippen LogP contribution is 2.33. The summed E-state index contributed by atoms with van der Waals surface area (Å²) >= 11 is 0. The average Bonchev–Trinajstić information content (AvgIpc) is 2.61. The van der Waals surface area contributed by atoms with Crippen molar-refractivity contribution in [1.29, 1.82) is 0 Å². The summed E-state index contributed by atoms with van der Waals surface area (Å²) in [5.74, 6) is 1.57. The lowest BCUT2D eigenvalue weighted by atomic mass is 9.99. The van der Waals surface area contributed by atoms with Crippen molar-refractivity contribution in [3.05, 3.63) is 29.8 Å². The monoisotopic (exact) mass is 218 g/mol. The molecule has 3 N–H and O–H groups in total. The Morgan fingerprint density at radius 1 is 1.25 bits per heavy atom. The Balaban J connectivity index is 2.52. The lowest BCUT2D eigenvalue weighted by molar-refractivity contribution is 0.434. The first-order chi connectivity index (χ1) is 7.59. The first kappa shape index (κ1) is 10.5. The molecule has 0 radical (unpaired) electrons. The average molecular weight is 218 g/mol. The van der Waals surface area contributed by atoms with Gasteiger partial charge in [0, 0.05) is 11.1 Å². The Bertz CT molecular complexity index is 486. The molecule has 0 spiro atoms. The Kier molecular flexibility index (Phi) is 2.56. The number of aromatic nitrogens is 1. The third kappa shape index (κ3) is 1.74. The summed E-state index contributed by atoms with van der Waals surface area (Å²) in [7, 11) is 0. The zero-order valence-corrected chi connectivity index (χ0v) is 9.27. The predicted molar refractivity (Wildman–Crippen MR) is 62.1 cm³/mol. The van der Waals surface area contributed by atoms with Crippen molar-refractivity contribution in [1.82, 2.24) is 5.16 Å². The largest absolute Gasteiger partial charge is 0.508 e. The smallest absolute Gasteiger partial charge is 0.172 e. The van der Waals surface area contributed by atoms with Crippen LogP contribution in [0.3, 0.4) is 0 Å². The van der Waals surface area contributed by atoms with Crippen LogP contribution < -0.4 is 5.73 Å². The maximum atomic E-state index is 9.22. The number of aromatic hydroxyl groups is 1. The van der Waals surface area contributed by atoms with Crippen LogP contribution in [0.2, 0.25) is 0 Å². The molecule has 0 unspecified atom stereocenters. The maximum Gasteiger partial charge on any atom is 0.172 e. The molecule has 1 aromatic carbocycles. The van der Waals surface area contributed by atoms with Gasteiger partial charge >= 0.3 is 0 Å². The van der Waals surface area contributed by atoms with Crippen molar-refractivity contribution < 1.29 is 9.63 Å². The van der Waals surface area contributed by atoms with Gasteiger partial charge in [-0.05, 0) is 30.2 Å². The van der Waals surface area contributed by atoms with Gasteiger partial charge in [-0.15, -0.1) is 0 Å². The molecular weight excluding hydrogens is 204 g/mol.